The number of ether oxygens (including phenoxy) is 4. The molecule has 0 fully saturated rings. The van der Waals surface area contributed by atoms with Gasteiger partial charge in [0.2, 0.25) is 0 Å². The van der Waals surface area contributed by atoms with Crippen molar-refractivity contribution in [3.05, 3.63) is 40.8 Å². The highest BCUT2D eigenvalue weighted by Crippen LogP contribution is 2.28. The first kappa shape index (κ1) is 19.4. The van der Waals surface area contributed by atoms with E-state index in [2.05, 4.69) is 4.74 Å². The van der Waals surface area contributed by atoms with E-state index in [0.717, 1.165) is 26.4 Å². The predicted octanol–water partition coefficient (Wildman–Crippen LogP) is 1.40. The van der Waals surface area contributed by atoms with Crippen LogP contribution in [0, 0.1) is 5.82 Å². The third-order valence-electron chi connectivity index (χ3n) is 3.54. The molecule has 1 aromatic rings. The molecule has 0 atom stereocenters. The summed E-state index contributed by atoms with van der Waals surface area (Å²) in [5.74, 6) is -3.05. The lowest BCUT2D eigenvalue weighted by Crippen LogP contribution is -2.39. The van der Waals surface area contributed by atoms with Gasteiger partial charge in [0.1, 0.15) is 18.2 Å². The molecule has 0 radical (unpaired) electrons. The first-order valence-electron chi connectivity index (χ1n) is 7.65. The van der Waals surface area contributed by atoms with Crippen LogP contribution >= 0.6 is 0 Å². The average Bonchev–Trinajstić information content (AvgIpc) is 2.65. The molecule has 0 aliphatic carbocycles. The number of benzene rings is 1. The van der Waals surface area contributed by atoms with Crippen LogP contribution in [0.1, 0.15) is 17.3 Å². The second-order valence-corrected chi connectivity index (χ2v) is 5.13. The number of methoxy groups -OCH3 is 2. The smallest absolute Gasteiger partial charge is 0.355 e. The van der Waals surface area contributed by atoms with E-state index in [-0.39, 0.29) is 42.5 Å². The van der Waals surface area contributed by atoms with Crippen LogP contribution in [0.3, 0.4) is 0 Å². The average molecular weight is 367 g/mol. The van der Waals surface area contributed by atoms with E-state index in [4.69, 9.17) is 14.2 Å². The van der Waals surface area contributed by atoms with E-state index in [1.54, 1.807) is 6.92 Å². The van der Waals surface area contributed by atoms with Gasteiger partial charge in [0.25, 0.3) is 0 Å². The summed E-state index contributed by atoms with van der Waals surface area (Å²) in [6, 6.07) is 3.43. The summed E-state index contributed by atoms with van der Waals surface area (Å²) in [5, 5.41) is 0. The van der Waals surface area contributed by atoms with Gasteiger partial charge in [-0.25, -0.2) is 18.8 Å². The van der Waals surface area contributed by atoms with Crippen molar-refractivity contribution in [2.24, 2.45) is 0 Å². The number of rotatable bonds is 5. The van der Waals surface area contributed by atoms with Crippen molar-refractivity contribution in [1.82, 2.24) is 0 Å². The second kappa shape index (κ2) is 8.43. The maximum absolute atomic E-state index is 14.0. The first-order chi connectivity index (χ1) is 12.4. The first-order valence-corrected chi connectivity index (χ1v) is 7.65. The van der Waals surface area contributed by atoms with Crippen LogP contribution in [0.15, 0.2) is 29.5 Å². The fraction of sp³-hybridized carbons (Fsp3) is 0.353. The van der Waals surface area contributed by atoms with Crippen molar-refractivity contribution in [3.63, 3.8) is 0 Å². The Morgan fingerprint density at radius 2 is 1.81 bits per heavy atom. The molecule has 0 bridgehead atoms. The van der Waals surface area contributed by atoms with Crippen LogP contribution in [0.4, 0.5) is 10.1 Å². The fourth-order valence-corrected chi connectivity index (χ4v) is 2.41. The van der Waals surface area contributed by atoms with Gasteiger partial charge in [0, 0.05) is 5.69 Å². The van der Waals surface area contributed by atoms with Crippen molar-refractivity contribution < 1.29 is 37.7 Å². The van der Waals surface area contributed by atoms with Gasteiger partial charge in [0.05, 0.1) is 38.6 Å². The molecule has 1 heterocycles. The van der Waals surface area contributed by atoms with Gasteiger partial charge >= 0.3 is 17.9 Å². The van der Waals surface area contributed by atoms with E-state index in [1.807, 2.05) is 0 Å². The van der Waals surface area contributed by atoms with Gasteiger partial charge in [-0.2, -0.15) is 0 Å². The standard InChI is InChI=1S/C17H18FNO7/c1-4-26-15(20)10-5-11(18)7-12(6-10)19-9-25-8-13(16(21)23-2)14(19)17(22)24-3/h5-7H,4,8-9H2,1-3H3. The molecule has 8 nitrogen and oxygen atoms in total. The molecule has 0 N–H and O–H groups in total. The highest BCUT2D eigenvalue weighted by Gasteiger charge is 2.33. The molecule has 0 aromatic heterocycles. The third kappa shape index (κ3) is 3.99. The highest BCUT2D eigenvalue weighted by molar-refractivity contribution is 6.03. The summed E-state index contributed by atoms with van der Waals surface area (Å²) in [6.07, 6.45) is 0. The van der Waals surface area contributed by atoms with Crippen molar-refractivity contribution >= 4 is 23.6 Å². The van der Waals surface area contributed by atoms with E-state index in [0.29, 0.717) is 0 Å². The van der Waals surface area contributed by atoms with E-state index in [9.17, 15) is 18.8 Å². The van der Waals surface area contributed by atoms with Gasteiger partial charge in [-0.15, -0.1) is 0 Å². The Morgan fingerprint density at radius 3 is 2.42 bits per heavy atom. The molecule has 0 unspecified atom stereocenters. The monoisotopic (exact) mass is 367 g/mol. The summed E-state index contributed by atoms with van der Waals surface area (Å²) in [6.45, 7) is 1.42. The van der Waals surface area contributed by atoms with E-state index in [1.165, 1.54) is 11.0 Å². The number of hydrogen-bond acceptors (Lipinski definition) is 8. The Hall–Kier alpha value is -2.94. The lowest BCUT2D eigenvalue weighted by atomic mass is 10.1. The lowest BCUT2D eigenvalue weighted by molar-refractivity contribution is -0.140. The maximum atomic E-state index is 14.0. The quantitative estimate of drug-likeness (QED) is 0.570. The minimum Gasteiger partial charge on any atom is -0.466 e. The molecular formula is C17H18FNO7. The molecule has 140 valence electrons. The number of anilines is 1. The molecule has 26 heavy (non-hydrogen) atoms. The Kier molecular flexibility index (Phi) is 6.29. The number of esters is 3. The van der Waals surface area contributed by atoms with Crippen molar-refractivity contribution in [2.75, 3.05) is 39.1 Å². The number of carbonyl (C=O) groups is 3. The second-order valence-electron chi connectivity index (χ2n) is 5.13. The van der Waals surface area contributed by atoms with E-state index >= 15 is 0 Å². The van der Waals surface area contributed by atoms with Gasteiger partial charge in [0.15, 0.2) is 0 Å². The number of nitrogens with zero attached hydrogens (tertiary/aromatic N) is 1. The van der Waals surface area contributed by atoms with Crippen LogP contribution < -0.4 is 4.90 Å². The van der Waals surface area contributed by atoms with Crippen LogP contribution in [0.25, 0.3) is 0 Å². The molecule has 1 aliphatic rings. The Morgan fingerprint density at radius 1 is 1.12 bits per heavy atom. The lowest BCUT2D eigenvalue weighted by Gasteiger charge is -2.31. The van der Waals surface area contributed by atoms with Crippen molar-refractivity contribution in [2.45, 2.75) is 6.92 Å². The zero-order valence-electron chi connectivity index (χ0n) is 14.5. The molecule has 1 aromatic carbocycles. The maximum Gasteiger partial charge on any atom is 0.355 e. The molecule has 0 saturated carbocycles. The summed E-state index contributed by atoms with van der Waals surface area (Å²) >= 11 is 0. The third-order valence-corrected chi connectivity index (χ3v) is 3.54. The van der Waals surface area contributed by atoms with Crippen LogP contribution in [-0.2, 0) is 28.5 Å². The van der Waals surface area contributed by atoms with Crippen molar-refractivity contribution in [3.8, 4) is 0 Å². The Labute approximate surface area is 149 Å². The topological polar surface area (TPSA) is 91.4 Å². The van der Waals surface area contributed by atoms with E-state index < -0.39 is 23.7 Å². The van der Waals surface area contributed by atoms with Crippen LogP contribution in [0.5, 0.6) is 0 Å². The van der Waals surface area contributed by atoms with Crippen molar-refractivity contribution in [1.29, 1.82) is 0 Å². The molecule has 0 saturated heterocycles. The van der Waals surface area contributed by atoms with Gasteiger partial charge in [-0.1, -0.05) is 0 Å². The molecule has 1 aliphatic heterocycles. The number of halogens is 1. The zero-order chi connectivity index (χ0) is 19.3. The Bertz CT molecular complexity index is 759. The van der Waals surface area contributed by atoms with Gasteiger partial charge in [-0.3, -0.25) is 0 Å². The molecule has 2 rings (SSSR count). The van der Waals surface area contributed by atoms with Crippen LogP contribution in [-0.4, -0.2) is 52.1 Å². The summed E-state index contributed by atoms with van der Waals surface area (Å²) in [7, 11) is 2.30. The minimum absolute atomic E-state index is 0.0451. The molecule has 0 amide bonds. The largest absolute Gasteiger partial charge is 0.466 e. The summed E-state index contributed by atoms with van der Waals surface area (Å²) in [4.78, 5) is 37.3. The summed E-state index contributed by atoms with van der Waals surface area (Å²) < 4.78 is 33.6. The molecular weight excluding hydrogens is 349 g/mol. The Balaban J connectivity index is 2.56. The number of hydrogen-bond donors (Lipinski definition) is 0. The molecule has 9 heteroatoms. The normalized spacial score (nSPS) is 14.1. The zero-order valence-corrected chi connectivity index (χ0v) is 14.5. The summed E-state index contributed by atoms with van der Waals surface area (Å²) in [5.41, 5.74) is -0.149. The predicted molar refractivity (Wildman–Crippen MR) is 86.7 cm³/mol. The SMILES string of the molecule is CCOC(=O)c1cc(F)cc(N2COCC(C(=O)OC)=C2C(=O)OC)c1. The molecule has 0 spiro atoms. The number of carbonyl (C=O) groups excluding carboxylic acids is 3. The van der Waals surface area contributed by atoms with Crippen LogP contribution in [0.2, 0.25) is 0 Å². The van der Waals surface area contributed by atoms with Gasteiger partial charge in [-0.05, 0) is 25.1 Å². The fourth-order valence-electron chi connectivity index (χ4n) is 2.41. The van der Waals surface area contributed by atoms with Gasteiger partial charge < -0.3 is 23.8 Å². The highest BCUT2D eigenvalue weighted by atomic mass is 19.1. The minimum atomic E-state index is -0.823.